The molecule has 0 saturated carbocycles. The lowest BCUT2D eigenvalue weighted by Crippen LogP contribution is -2.36. The van der Waals surface area contributed by atoms with E-state index >= 15 is 0 Å². The van der Waals surface area contributed by atoms with Crippen LogP contribution >= 0.6 is 11.6 Å². The number of hydrogen-bond acceptors (Lipinski definition) is 4. The minimum absolute atomic E-state index is 0.159. The number of rotatable bonds is 4. The number of aromatic nitrogens is 1. The van der Waals surface area contributed by atoms with Crippen LogP contribution in [0.1, 0.15) is 15.9 Å². The Balaban J connectivity index is 1.49. The molecular weight excluding hydrogens is 434 g/mol. The predicted molar refractivity (Wildman–Crippen MR) is 134 cm³/mol. The number of benzene rings is 3. The van der Waals surface area contributed by atoms with Crippen LogP contribution in [0.2, 0.25) is 5.02 Å². The Hall–Kier alpha value is -3.41. The van der Waals surface area contributed by atoms with E-state index in [2.05, 4.69) is 10.2 Å². The van der Waals surface area contributed by atoms with E-state index in [9.17, 15) is 4.79 Å². The Morgan fingerprint density at radius 2 is 1.76 bits per heavy atom. The number of para-hydroxylation sites is 1. The molecule has 6 heteroatoms. The van der Waals surface area contributed by atoms with Gasteiger partial charge in [0.2, 0.25) is 0 Å². The topological polar surface area (TPSA) is 54.5 Å². The summed E-state index contributed by atoms with van der Waals surface area (Å²) in [6.45, 7) is 5.16. The van der Waals surface area contributed by atoms with Crippen molar-refractivity contribution >= 4 is 39.8 Å². The molecule has 0 aliphatic carbocycles. The molecule has 0 radical (unpaired) electrons. The standard InChI is InChI=1S/C27H24ClN3O2/c1-18-25(27(32)29-21-9-11-22(12-10-21)31-13-15-33-16-14-31)23-7-2-3-8-24(23)30-26(18)19-5-4-6-20(28)17-19/h2-12,17H,13-16H2,1H3,(H,29,32). The maximum absolute atomic E-state index is 13.5. The van der Waals surface area contributed by atoms with E-state index < -0.39 is 0 Å². The molecule has 0 atom stereocenters. The Morgan fingerprint density at radius 1 is 1.00 bits per heavy atom. The van der Waals surface area contributed by atoms with E-state index in [1.54, 1.807) is 0 Å². The first kappa shape index (κ1) is 21.4. The third-order valence-corrected chi connectivity index (χ3v) is 6.20. The minimum atomic E-state index is -0.159. The van der Waals surface area contributed by atoms with Gasteiger partial charge in [-0.25, -0.2) is 4.98 Å². The molecule has 5 rings (SSSR count). The fourth-order valence-corrected chi connectivity index (χ4v) is 4.48. The molecule has 33 heavy (non-hydrogen) atoms. The van der Waals surface area contributed by atoms with Crippen molar-refractivity contribution < 1.29 is 9.53 Å². The van der Waals surface area contributed by atoms with Gasteiger partial charge < -0.3 is 15.0 Å². The molecular formula is C27H24ClN3O2. The number of hydrogen-bond donors (Lipinski definition) is 1. The predicted octanol–water partition coefficient (Wildman–Crippen LogP) is 5.95. The molecule has 0 spiro atoms. The SMILES string of the molecule is Cc1c(-c2cccc(Cl)c2)nc2ccccc2c1C(=O)Nc1ccc(N2CCOCC2)cc1. The van der Waals surface area contributed by atoms with E-state index in [0.29, 0.717) is 10.6 Å². The van der Waals surface area contributed by atoms with Gasteiger partial charge in [0.15, 0.2) is 0 Å². The number of nitrogens with one attached hydrogen (secondary N) is 1. The Kier molecular flexibility index (Phi) is 5.99. The van der Waals surface area contributed by atoms with Crippen LogP contribution in [-0.4, -0.2) is 37.2 Å². The second kappa shape index (κ2) is 9.22. The largest absolute Gasteiger partial charge is 0.378 e. The van der Waals surface area contributed by atoms with E-state index in [1.807, 2.05) is 79.7 Å². The zero-order valence-electron chi connectivity index (χ0n) is 18.3. The maximum Gasteiger partial charge on any atom is 0.256 e. The molecule has 1 aliphatic rings. The van der Waals surface area contributed by atoms with Gasteiger partial charge in [-0.3, -0.25) is 4.79 Å². The number of morpholine rings is 1. The molecule has 1 aromatic heterocycles. The van der Waals surface area contributed by atoms with Crippen molar-refractivity contribution in [3.63, 3.8) is 0 Å². The van der Waals surface area contributed by atoms with Gasteiger partial charge >= 0.3 is 0 Å². The highest BCUT2D eigenvalue weighted by Gasteiger charge is 2.19. The first-order valence-electron chi connectivity index (χ1n) is 11.0. The molecule has 2 heterocycles. The molecule has 0 unspecified atom stereocenters. The van der Waals surface area contributed by atoms with Gasteiger partial charge in [-0.1, -0.05) is 41.9 Å². The third-order valence-electron chi connectivity index (χ3n) is 5.96. The van der Waals surface area contributed by atoms with Crippen LogP contribution in [0.5, 0.6) is 0 Å². The number of fused-ring (bicyclic) bond motifs is 1. The molecule has 1 fully saturated rings. The number of amides is 1. The van der Waals surface area contributed by atoms with Crippen molar-refractivity contribution in [3.8, 4) is 11.3 Å². The van der Waals surface area contributed by atoms with E-state index in [0.717, 1.165) is 65.4 Å². The summed E-state index contributed by atoms with van der Waals surface area (Å²) in [5.74, 6) is -0.159. The summed E-state index contributed by atoms with van der Waals surface area (Å²) >= 11 is 6.23. The summed E-state index contributed by atoms with van der Waals surface area (Å²) in [5, 5.41) is 4.53. The number of anilines is 2. The zero-order valence-corrected chi connectivity index (χ0v) is 19.1. The lowest BCUT2D eigenvalue weighted by Gasteiger charge is -2.28. The molecule has 0 bridgehead atoms. The monoisotopic (exact) mass is 457 g/mol. The molecule has 1 N–H and O–H groups in total. The van der Waals surface area contributed by atoms with Gasteiger partial charge in [-0.15, -0.1) is 0 Å². The molecule has 1 saturated heterocycles. The lowest BCUT2D eigenvalue weighted by atomic mass is 9.97. The Labute approximate surface area is 198 Å². The van der Waals surface area contributed by atoms with Crippen molar-refractivity contribution in [2.24, 2.45) is 0 Å². The third kappa shape index (κ3) is 4.42. The number of carbonyl (C=O) groups is 1. The zero-order chi connectivity index (χ0) is 22.8. The van der Waals surface area contributed by atoms with Crippen molar-refractivity contribution in [2.45, 2.75) is 6.92 Å². The smallest absolute Gasteiger partial charge is 0.256 e. The second-order valence-corrected chi connectivity index (χ2v) is 8.52. The molecule has 1 aliphatic heterocycles. The first-order chi connectivity index (χ1) is 16.1. The van der Waals surface area contributed by atoms with E-state index in [-0.39, 0.29) is 5.91 Å². The van der Waals surface area contributed by atoms with Gasteiger partial charge in [-0.05, 0) is 55.0 Å². The van der Waals surface area contributed by atoms with Gasteiger partial charge in [0.05, 0.1) is 30.0 Å². The lowest BCUT2D eigenvalue weighted by molar-refractivity contribution is 0.102. The van der Waals surface area contributed by atoms with Crippen LogP contribution in [0.25, 0.3) is 22.2 Å². The number of nitrogens with zero attached hydrogens (tertiary/aromatic N) is 2. The highest BCUT2D eigenvalue weighted by molar-refractivity contribution is 6.30. The van der Waals surface area contributed by atoms with Crippen LogP contribution in [0.15, 0.2) is 72.8 Å². The summed E-state index contributed by atoms with van der Waals surface area (Å²) in [6.07, 6.45) is 0. The van der Waals surface area contributed by atoms with E-state index in [1.165, 1.54) is 0 Å². The summed E-state index contributed by atoms with van der Waals surface area (Å²) in [5.41, 5.74) is 5.72. The molecule has 4 aromatic rings. The maximum atomic E-state index is 13.5. The molecule has 5 nitrogen and oxygen atoms in total. The number of carbonyl (C=O) groups excluding carboxylic acids is 1. The average molecular weight is 458 g/mol. The van der Waals surface area contributed by atoms with Crippen molar-refractivity contribution in [1.29, 1.82) is 0 Å². The second-order valence-electron chi connectivity index (χ2n) is 8.09. The van der Waals surface area contributed by atoms with Crippen molar-refractivity contribution in [2.75, 3.05) is 36.5 Å². The highest BCUT2D eigenvalue weighted by Crippen LogP contribution is 2.31. The van der Waals surface area contributed by atoms with Gasteiger partial charge in [-0.2, -0.15) is 0 Å². The van der Waals surface area contributed by atoms with Crippen LogP contribution < -0.4 is 10.2 Å². The van der Waals surface area contributed by atoms with Gasteiger partial charge in [0, 0.05) is 40.4 Å². The Bertz CT molecular complexity index is 1320. The number of pyridine rings is 1. The van der Waals surface area contributed by atoms with Crippen LogP contribution in [-0.2, 0) is 4.74 Å². The molecule has 166 valence electrons. The quantitative estimate of drug-likeness (QED) is 0.411. The Morgan fingerprint density at radius 3 is 2.52 bits per heavy atom. The first-order valence-corrected chi connectivity index (χ1v) is 11.4. The van der Waals surface area contributed by atoms with Gasteiger partial charge in [0.25, 0.3) is 5.91 Å². The number of halogens is 1. The van der Waals surface area contributed by atoms with Crippen molar-refractivity contribution in [3.05, 3.63) is 88.9 Å². The normalized spacial score (nSPS) is 13.8. The summed E-state index contributed by atoms with van der Waals surface area (Å²) in [6, 6.07) is 23.2. The van der Waals surface area contributed by atoms with Crippen LogP contribution in [0.3, 0.4) is 0 Å². The molecule has 1 amide bonds. The van der Waals surface area contributed by atoms with Crippen LogP contribution in [0, 0.1) is 6.92 Å². The number of ether oxygens (including phenoxy) is 1. The fraction of sp³-hybridized carbons (Fsp3) is 0.185. The van der Waals surface area contributed by atoms with Crippen LogP contribution in [0.4, 0.5) is 11.4 Å². The summed E-state index contributed by atoms with van der Waals surface area (Å²) in [7, 11) is 0. The van der Waals surface area contributed by atoms with E-state index in [4.69, 9.17) is 21.3 Å². The van der Waals surface area contributed by atoms with Crippen molar-refractivity contribution in [1.82, 2.24) is 4.98 Å². The fourth-order valence-electron chi connectivity index (χ4n) is 4.29. The summed E-state index contributed by atoms with van der Waals surface area (Å²) in [4.78, 5) is 20.6. The minimum Gasteiger partial charge on any atom is -0.378 e. The molecule has 3 aromatic carbocycles. The summed E-state index contributed by atoms with van der Waals surface area (Å²) < 4.78 is 5.43. The van der Waals surface area contributed by atoms with Gasteiger partial charge in [0.1, 0.15) is 0 Å². The highest BCUT2D eigenvalue weighted by atomic mass is 35.5. The average Bonchev–Trinajstić information content (AvgIpc) is 2.84.